The predicted octanol–water partition coefficient (Wildman–Crippen LogP) is 6.27. The van der Waals surface area contributed by atoms with Crippen LogP contribution in [0.25, 0.3) is 10.8 Å². The molecule has 3 aromatic rings. The SMILES string of the molecule is Cc1cccc(C(Cl)c2ccc(Cl)c3ccccc23)c1F. The Balaban J connectivity index is 2.21. The summed E-state index contributed by atoms with van der Waals surface area (Å²) in [6.45, 7) is 1.74. The maximum absolute atomic E-state index is 14.3. The minimum Gasteiger partial charge on any atom is -0.206 e. The van der Waals surface area contributed by atoms with Crippen LogP contribution in [-0.2, 0) is 0 Å². The van der Waals surface area contributed by atoms with Crippen LogP contribution in [0.1, 0.15) is 22.1 Å². The number of alkyl halides is 1. The maximum atomic E-state index is 14.3. The molecule has 3 heteroatoms. The van der Waals surface area contributed by atoms with E-state index in [9.17, 15) is 4.39 Å². The predicted molar refractivity (Wildman–Crippen MR) is 87.8 cm³/mol. The highest BCUT2D eigenvalue weighted by Crippen LogP contribution is 2.37. The molecule has 0 radical (unpaired) electrons. The fourth-order valence-corrected chi connectivity index (χ4v) is 3.13. The summed E-state index contributed by atoms with van der Waals surface area (Å²) in [6, 6.07) is 16.7. The molecule has 0 fully saturated rings. The van der Waals surface area contributed by atoms with E-state index in [1.54, 1.807) is 19.1 Å². The van der Waals surface area contributed by atoms with Crippen LogP contribution in [-0.4, -0.2) is 0 Å². The number of halogens is 3. The molecule has 0 aliphatic heterocycles. The average molecular weight is 319 g/mol. The molecular weight excluding hydrogens is 306 g/mol. The van der Waals surface area contributed by atoms with E-state index in [0.717, 1.165) is 16.3 Å². The molecule has 1 atom stereocenters. The number of aryl methyl sites for hydroxylation is 1. The first-order valence-electron chi connectivity index (χ1n) is 6.66. The summed E-state index contributed by atoms with van der Waals surface area (Å²) >= 11 is 12.8. The van der Waals surface area contributed by atoms with Crippen LogP contribution in [0.15, 0.2) is 54.6 Å². The topological polar surface area (TPSA) is 0 Å². The minimum atomic E-state index is -0.549. The number of rotatable bonds is 2. The van der Waals surface area contributed by atoms with E-state index in [2.05, 4.69) is 0 Å². The van der Waals surface area contributed by atoms with Gasteiger partial charge in [0.25, 0.3) is 0 Å². The molecule has 0 saturated carbocycles. The van der Waals surface area contributed by atoms with Gasteiger partial charge in [-0.2, -0.15) is 0 Å². The first-order valence-corrected chi connectivity index (χ1v) is 7.47. The smallest absolute Gasteiger partial charge is 0.131 e. The van der Waals surface area contributed by atoms with Crippen LogP contribution < -0.4 is 0 Å². The van der Waals surface area contributed by atoms with Crippen molar-refractivity contribution >= 4 is 34.0 Å². The molecular formula is C18H13Cl2F. The highest BCUT2D eigenvalue weighted by molar-refractivity contribution is 6.36. The van der Waals surface area contributed by atoms with Crippen molar-refractivity contribution in [1.82, 2.24) is 0 Å². The number of benzene rings is 3. The van der Waals surface area contributed by atoms with Gasteiger partial charge in [-0.1, -0.05) is 60.1 Å². The average Bonchev–Trinajstić information content (AvgIpc) is 2.50. The zero-order chi connectivity index (χ0) is 15.0. The van der Waals surface area contributed by atoms with Gasteiger partial charge in [0.15, 0.2) is 0 Å². The zero-order valence-electron chi connectivity index (χ0n) is 11.4. The third-order valence-electron chi connectivity index (χ3n) is 3.67. The van der Waals surface area contributed by atoms with Crippen molar-refractivity contribution in [3.63, 3.8) is 0 Å². The lowest BCUT2D eigenvalue weighted by Gasteiger charge is -2.15. The highest BCUT2D eigenvalue weighted by Gasteiger charge is 2.19. The van der Waals surface area contributed by atoms with E-state index in [0.29, 0.717) is 16.1 Å². The van der Waals surface area contributed by atoms with Gasteiger partial charge in [0.2, 0.25) is 0 Å². The molecule has 0 aliphatic rings. The van der Waals surface area contributed by atoms with Crippen LogP contribution in [0.2, 0.25) is 5.02 Å². The van der Waals surface area contributed by atoms with Crippen LogP contribution in [0.4, 0.5) is 4.39 Å². The van der Waals surface area contributed by atoms with Gasteiger partial charge >= 0.3 is 0 Å². The molecule has 0 heterocycles. The normalized spacial score (nSPS) is 12.6. The van der Waals surface area contributed by atoms with Gasteiger partial charge in [-0.3, -0.25) is 0 Å². The van der Waals surface area contributed by atoms with Crippen molar-refractivity contribution in [3.05, 3.63) is 82.1 Å². The summed E-state index contributed by atoms with van der Waals surface area (Å²) in [5.41, 5.74) is 1.95. The molecule has 0 bridgehead atoms. The summed E-state index contributed by atoms with van der Waals surface area (Å²) in [6.07, 6.45) is 0. The maximum Gasteiger partial charge on any atom is 0.131 e. The molecule has 106 valence electrons. The molecule has 0 spiro atoms. The highest BCUT2D eigenvalue weighted by atomic mass is 35.5. The van der Waals surface area contributed by atoms with Gasteiger partial charge < -0.3 is 0 Å². The lowest BCUT2D eigenvalue weighted by Crippen LogP contribution is -1.99. The Morgan fingerprint density at radius 1 is 0.857 bits per heavy atom. The molecule has 1 unspecified atom stereocenters. The van der Waals surface area contributed by atoms with Gasteiger partial charge in [0.05, 0.1) is 5.38 Å². The van der Waals surface area contributed by atoms with Crippen LogP contribution in [0.5, 0.6) is 0 Å². The number of hydrogen-bond acceptors (Lipinski definition) is 0. The van der Waals surface area contributed by atoms with Gasteiger partial charge in [0.1, 0.15) is 5.82 Å². The van der Waals surface area contributed by atoms with Crippen molar-refractivity contribution in [2.45, 2.75) is 12.3 Å². The monoisotopic (exact) mass is 318 g/mol. The Morgan fingerprint density at radius 3 is 2.33 bits per heavy atom. The Morgan fingerprint density at radius 2 is 1.57 bits per heavy atom. The molecule has 0 amide bonds. The molecule has 21 heavy (non-hydrogen) atoms. The Bertz CT molecular complexity index is 811. The summed E-state index contributed by atoms with van der Waals surface area (Å²) in [4.78, 5) is 0. The van der Waals surface area contributed by atoms with Crippen molar-refractivity contribution in [3.8, 4) is 0 Å². The van der Waals surface area contributed by atoms with Gasteiger partial charge in [-0.15, -0.1) is 11.6 Å². The third-order valence-corrected chi connectivity index (χ3v) is 4.47. The molecule has 0 N–H and O–H groups in total. The Labute approximate surface area is 133 Å². The summed E-state index contributed by atoms with van der Waals surface area (Å²) < 4.78 is 14.3. The van der Waals surface area contributed by atoms with E-state index in [1.807, 2.05) is 42.5 Å². The van der Waals surface area contributed by atoms with E-state index >= 15 is 0 Å². The third kappa shape index (κ3) is 2.52. The van der Waals surface area contributed by atoms with E-state index in [4.69, 9.17) is 23.2 Å². The lowest BCUT2D eigenvalue weighted by atomic mass is 9.96. The van der Waals surface area contributed by atoms with Gasteiger partial charge in [-0.25, -0.2) is 4.39 Å². The van der Waals surface area contributed by atoms with E-state index < -0.39 is 5.38 Å². The second-order valence-corrected chi connectivity index (χ2v) is 5.87. The van der Waals surface area contributed by atoms with Crippen LogP contribution in [0.3, 0.4) is 0 Å². The summed E-state index contributed by atoms with van der Waals surface area (Å²) in [7, 11) is 0. The Hall–Kier alpha value is -1.57. The second kappa shape index (κ2) is 5.67. The second-order valence-electron chi connectivity index (χ2n) is 5.02. The number of fused-ring (bicyclic) bond motifs is 1. The molecule has 0 saturated heterocycles. The number of hydrogen-bond donors (Lipinski definition) is 0. The first-order chi connectivity index (χ1) is 10.1. The van der Waals surface area contributed by atoms with Gasteiger partial charge in [-0.05, 0) is 29.5 Å². The van der Waals surface area contributed by atoms with Crippen molar-refractivity contribution in [2.75, 3.05) is 0 Å². The van der Waals surface area contributed by atoms with Crippen LogP contribution >= 0.6 is 23.2 Å². The van der Waals surface area contributed by atoms with E-state index in [1.165, 1.54) is 0 Å². The van der Waals surface area contributed by atoms with Crippen molar-refractivity contribution < 1.29 is 4.39 Å². The lowest BCUT2D eigenvalue weighted by molar-refractivity contribution is 0.603. The van der Waals surface area contributed by atoms with Gasteiger partial charge in [0, 0.05) is 16.0 Å². The minimum absolute atomic E-state index is 0.253. The molecule has 3 aromatic carbocycles. The Kier molecular flexibility index (Phi) is 3.88. The largest absolute Gasteiger partial charge is 0.206 e. The zero-order valence-corrected chi connectivity index (χ0v) is 12.9. The quantitative estimate of drug-likeness (QED) is 0.488. The fraction of sp³-hybridized carbons (Fsp3) is 0.111. The fourth-order valence-electron chi connectivity index (χ4n) is 2.54. The summed E-state index contributed by atoms with van der Waals surface area (Å²) in [5.74, 6) is -0.253. The standard InChI is InChI=1S/C18H13Cl2F/c1-11-5-4-8-15(18(11)21)17(20)14-9-10-16(19)13-7-3-2-6-12(13)14/h2-10,17H,1H3. The van der Waals surface area contributed by atoms with E-state index in [-0.39, 0.29) is 5.82 Å². The summed E-state index contributed by atoms with van der Waals surface area (Å²) in [5, 5.41) is 2.00. The van der Waals surface area contributed by atoms with Crippen molar-refractivity contribution in [1.29, 1.82) is 0 Å². The van der Waals surface area contributed by atoms with Crippen LogP contribution in [0, 0.1) is 12.7 Å². The molecule has 0 aliphatic carbocycles. The molecule has 0 aromatic heterocycles. The first kappa shape index (κ1) is 14.4. The molecule has 3 rings (SSSR count). The molecule has 0 nitrogen and oxygen atoms in total. The van der Waals surface area contributed by atoms with Crippen molar-refractivity contribution in [2.24, 2.45) is 0 Å².